The number of hydrogen-bond acceptors (Lipinski definition) is 3. The van der Waals surface area contributed by atoms with Gasteiger partial charge in [0.2, 0.25) is 0 Å². The normalized spacial score (nSPS) is 20.1. The van der Waals surface area contributed by atoms with Gasteiger partial charge in [0.05, 0.1) is 5.41 Å². The van der Waals surface area contributed by atoms with Gasteiger partial charge in [-0.2, -0.15) is 0 Å². The van der Waals surface area contributed by atoms with E-state index in [9.17, 15) is 14.3 Å². The van der Waals surface area contributed by atoms with Crippen molar-refractivity contribution in [2.24, 2.45) is 0 Å². The van der Waals surface area contributed by atoms with Crippen LogP contribution in [0.4, 0.5) is 4.39 Å². The van der Waals surface area contributed by atoms with E-state index in [1.54, 1.807) is 0 Å². The maximum absolute atomic E-state index is 14.1. The second kappa shape index (κ2) is 3.86. The summed E-state index contributed by atoms with van der Waals surface area (Å²) in [5.41, 5.74) is -0.870. The van der Waals surface area contributed by atoms with Gasteiger partial charge in [0.15, 0.2) is 11.5 Å². The minimum atomic E-state index is -1.08. The lowest BCUT2D eigenvalue weighted by atomic mass is 9.64. The Morgan fingerprint density at radius 2 is 1.83 bits per heavy atom. The first-order valence-corrected chi connectivity index (χ1v) is 5.96. The first-order valence-electron chi connectivity index (χ1n) is 5.96. The molecule has 1 aliphatic heterocycles. The minimum absolute atomic E-state index is 0.213. The van der Waals surface area contributed by atoms with Crippen LogP contribution in [-0.2, 0) is 10.2 Å². The molecule has 1 saturated carbocycles. The van der Waals surface area contributed by atoms with Crippen molar-refractivity contribution in [3.63, 3.8) is 0 Å². The van der Waals surface area contributed by atoms with Crippen LogP contribution in [0.15, 0.2) is 12.1 Å². The Labute approximate surface area is 103 Å². The van der Waals surface area contributed by atoms with E-state index in [0.29, 0.717) is 37.6 Å². The number of benzene rings is 1. The van der Waals surface area contributed by atoms with Crippen LogP contribution in [-0.4, -0.2) is 24.3 Å². The van der Waals surface area contributed by atoms with Gasteiger partial charge in [-0.25, -0.2) is 4.39 Å². The van der Waals surface area contributed by atoms with Gasteiger partial charge in [-0.3, -0.25) is 4.79 Å². The van der Waals surface area contributed by atoms with E-state index < -0.39 is 17.2 Å². The summed E-state index contributed by atoms with van der Waals surface area (Å²) in [5, 5.41) is 9.33. The van der Waals surface area contributed by atoms with Crippen LogP contribution in [0, 0.1) is 5.82 Å². The standard InChI is InChI=1S/C13H13FO4/c14-9-7-11-10(17-4-5-18-11)6-8(9)13(12(15)16)2-1-3-13/h6-7H,1-5H2,(H,15,16). The number of carbonyl (C=O) groups is 1. The fourth-order valence-corrected chi connectivity index (χ4v) is 2.56. The molecule has 0 radical (unpaired) electrons. The van der Waals surface area contributed by atoms with Gasteiger partial charge in [-0.15, -0.1) is 0 Å². The lowest BCUT2D eigenvalue weighted by Gasteiger charge is -2.38. The van der Waals surface area contributed by atoms with Crippen molar-refractivity contribution in [1.29, 1.82) is 0 Å². The van der Waals surface area contributed by atoms with Crippen molar-refractivity contribution < 1.29 is 23.8 Å². The average molecular weight is 252 g/mol. The van der Waals surface area contributed by atoms with Gasteiger partial charge in [-0.05, 0) is 18.9 Å². The Kier molecular flexibility index (Phi) is 2.43. The van der Waals surface area contributed by atoms with Crippen molar-refractivity contribution in [1.82, 2.24) is 0 Å². The Bertz CT molecular complexity index is 508. The molecule has 18 heavy (non-hydrogen) atoms. The summed E-state index contributed by atoms with van der Waals surface area (Å²) in [6, 6.07) is 2.71. The summed E-state index contributed by atoms with van der Waals surface area (Å²) in [7, 11) is 0. The Morgan fingerprint density at radius 1 is 1.22 bits per heavy atom. The molecule has 1 fully saturated rings. The SMILES string of the molecule is O=C(O)C1(c2cc3c(cc2F)OCCO3)CCC1. The molecule has 1 aliphatic carbocycles. The molecule has 0 bridgehead atoms. The number of halogens is 1. The Morgan fingerprint density at radius 3 is 2.33 bits per heavy atom. The van der Waals surface area contributed by atoms with Crippen molar-refractivity contribution in [2.75, 3.05) is 13.2 Å². The topological polar surface area (TPSA) is 55.8 Å². The third-order valence-corrected chi connectivity index (χ3v) is 3.76. The van der Waals surface area contributed by atoms with Crippen LogP contribution >= 0.6 is 0 Å². The maximum atomic E-state index is 14.1. The maximum Gasteiger partial charge on any atom is 0.314 e. The number of fused-ring (bicyclic) bond motifs is 1. The third-order valence-electron chi connectivity index (χ3n) is 3.76. The Hall–Kier alpha value is -1.78. The van der Waals surface area contributed by atoms with Crippen LogP contribution in [0.5, 0.6) is 11.5 Å². The van der Waals surface area contributed by atoms with Gasteiger partial charge in [0.25, 0.3) is 0 Å². The molecule has 1 heterocycles. The molecule has 5 heteroatoms. The number of ether oxygens (including phenoxy) is 2. The summed E-state index contributed by atoms with van der Waals surface area (Å²) < 4.78 is 24.7. The zero-order valence-electron chi connectivity index (χ0n) is 9.74. The molecule has 0 saturated heterocycles. The highest BCUT2D eigenvalue weighted by molar-refractivity contribution is 5.83. The molecule has 4 nitrogen and oxygen atoms in total. The molecule has 1 aromatic carbocycles. The number of carboxylic acid groups (broad SMARTS) is 1. The summed E-state index contributed by atoms with van der Waals surface area (Å²) in [6.45, 7) is 0.786. The third kappa shape index (κ3) is 1.46. The molecular weight excluding hydrogens is 239 g/mol. The lowest BCUT2D eigenvalue weighted by Crippen LogP contribution is -2.43. The van der Waals surface area contributed by atoms with Crippen molar-refractivity contribution >= 4 is 5.97 Å². The van der Waals surface area contributed by atoms with Crippen molar-refractivity contribution in [3.05, 3.63) is 23.5 Å². The summed E-state index contributed by atoms with van der Waals surface area (Å²) in [4.78, 5) is 11.4. The van der Waals surface area contributed by atoms with Gasteiger partial charge in [0.1, 0.15) is 19.0 Å². The monoisotopic (exact) mass is 252 g/mol. The fraction of sp³-hybridized carbons (Fsp3) is 0.462. The predicted octanol–water partition coefficient (Wildman–Crippen LogP) is 2.10. The second-order valence-electron chi connectivity index (χ2n) is 4.72. The van der Waals surface area contributed by atoms with Gasteiger partial charge in [0, 0.05) is 11.6 Å². The van der Waals surface area contributed by atoms with Crippen LogP contribution in [0.25, 0.3) is 0 Å². The van der Waals surface area contributed by atoms with Crippen LogP contribution in [0.3, 0.4) is 0 Å². The molecule has 0 atom stereocenters. The van der Waals surface area contributed by atoms with Crippen LogP contribution < -0.4 is 9.47 Å². The molecule has 0 spiro atoms. The zero-order valence-corrected chi connectivity index (χ0v) is 9.74. The zero-order chi connectivity index (χ0) is 12.8. The molecule has 0 aromatic heterocycles. The predicted molar refractivity (Wildman–Crippen MR) is 60.6 cm³/mol. The summed E-state index contributed by atoms with van der Waals surface area (Å²) >= 11 is 0. The van der Waals surface area contributed by atoms with Gasteiger partial charge >= 0.3 is 5.97 Å². The first kappa shape index (κ1) is 11.3. The number of carboxylic acids is 1. The van der Waals surface area contributed by atoms with E-state index in [2.05, 4.69) is 0 Å². The molecule has 3 rings (SSSR count). The van der Waals surface area contributed by atoms with Crippen molar-refractivity contribution in [3.8, 4) is 11.5 Å². The fourth-order valence-electron chi connectivity index (χ4n) is 2.56. The van der Waals surface area contributed by atoms with E-state index in [-0.39, 0.29) is 5.56 Å². The highest BCUT2D eigenvalue weighted by atomic mass is 19.1. The van der Waals surface area contributed by atoms with Gasteiger partial charge in [-0.1, -0.05) is 6.42 Å². The average Bonchev–Trinajstić information content (AvgIpc) is 2.27. The molecule has 1 N–H and O–H groups in total. The summed E-state index contributed by atoms with van der Waals surface area (Å²) in [6.07, 6.45) is 1.75. The first-order chi connectivity index (χ1) is 8.63. The van der Waals surface area contributed by atoms with E-state index in [0.717, 1.165) is 6.42 Å². The molecule has 1 aromatic rings. The minimum Gasteiger partial charge on any atom is -0.486 e. The molecule has 0 unspecified atom stereocenters. The number of hydrogen-bond donors (Lipinski definition) is 1. The van der Waals surface area contributed by atoms with Crippen molar-refractivity contribution in [2.45, 2.75) is 24.7 Å². The smallest absolute Gasteiger partial charge is 0.314 e. The largest absolute Gasteiger partial charge is 0.486 e. The number of rotatable bonds is 2. The van der Waals surface area contributed by atoms with E-state index in [4.69, 9.17) is 9.47 Å². The lowest BCUT2D eigenvalue weighted by molar-refractivity contribution is -0.147. The molecular formula is C13H13FO4. The highest BCUT2D eigenvalue weighted by Crippen LogP contribution is 2.47. The van der Waals surface area contributed by atoms with Gasteiger partial charge < -0.3 is 14.6 Å². The van der Waals surface area contributed by atoms with Crippen LogP contribution in [0.2, 0.25) is 0 Å². The Balaban J connectivity index is 2.09. The second-order valence-corrected chi connectivity index (χ2v) is 4.72. The van der Waals surface area contributed by atoms with Crippen LogP contribution in [0.1, 0.15) is 24.8 Å². The molecule has 2 aliphatic rings. The van der Waals surface area contributed by atoms with E-state index in [1.807, 2.05) is 0 Å². The van der Waals surface area contributed by atoms with E-state index >= 15 is 0 Å². The number of aliphatic carboxylic acids is 1. The quantitative estimate of drug-likeness (QED) is 0.875. The molecule has 96 valence electrons. The van der Waals surface area contributed by atoms with E-state index in [1.165, 1.54) is 12.1 Å². The highest BCUT2D eigenvalue weighted by Gasteiger charge is 2.48. The molecule has 0 amide bonds. The summed E-state index contributed by atoms with van der Waals surface area (Å²) in [5.74, 6) is -0.710.